The number of rotatable bonds is 5. The van der Waals surface area contributed by atoms with Crippen molar-refractivity contribution in [3.05, 3.63) is 35.3 Å². The topological polar surface area (TPSA) is 25.2 Å². The van der Waals surface area contributed by atoms with Gasteiger partial charge >= 0.3 is 0 Å². The lowest BCUT2D eigenvalue weighted by molar-refractivity contribution is 0.398. The van der Waals surface area contributed by atoms with Crippen LogP contribution < -0.4 is 5.32 Å². The van der Waals surface area contributed by atoms with Crippen LogP contribution in [0.2, 0.25) is 0 Å². The number of benzene rings is 1. The lowest BCUT2D eigenvalue weighted by atomic mass is 9.99. The van der Waals surface area contributed by atoms with E-state index >= 15 is 0 Å². The lowest BCUT2D eigenvalue weighted by Gasteiger charge is -2.15. The maximum atomic E-state index is 13.3. The number of nitrogens with one attached hydrogen (secondary N) is 1. The first-order valence-corrected chi connectivity index (χ1v) is 6.88. The van der Waals surface area contributed by atoms with E-state index in [1.165, 1.54) is 6.07 Å². The van der Waals surface area contributed by atoms with E-state index in [2.05, 4.69) is 19.2 Å². The van der Waals surface area contributed by atoms with Gasteiger partial charge in [-0.2, -0.15) is 0 Å². The fraction of sp³-hybridized carbons (Fsp3) is 0.500. The number of hydrogen-bond acceptors (Lipinski definition) is 2. The maximum Gasteiger partial charge on any atom is 0.134 e. The van der Waals surface area contributed by atoms with Crippen molar-refractivity contribution in [3.63, 3.8) is 0 Å². The van der Waals surface area contributed by atoms with Gasteiger partial charge in [-0.05, 0) is 50.9 Å². The monoisotopic (exact) mass is 263 g/mol. The molecule has 0 aliphatic heterocycles. The number of halogens is 1. The molecule has 0 radical (unpaired) electrons. The average molecular weight is 263 g/mol. The van der Waals surface area contributed by atoms with Crippen molar-refractivity contribution >= 4 is 11.0 Å². The van der Waals surface area contributed by atoms with E-state index in [0.29, 0.717) is 5.92 Å². The maximum absolute atomic E-state index is 13.3. The molecule has 0 saturated carbocycles. The van der Waals surface area contributed by atoms with Gasteiger partial charge in [0.1, 0.15) is 17.2 Å². The molecule has 1 atom stereocenters. The van der Waals surface area contributed by atoms with Gasteiger partial charge in [0.2, 0.25) is 0 Å². The van der Waals surface area contributed by atoms with Crippen molar-refractivity contribution in [2.24, 2.45) is 5.92 Å². The molecule has 2 aromatic rings. The SMILES string of the molecule is CNC(CCC(C)C)c1oc2ccc(F)cc2c1C. The Balaban J connectivity index is 2.34. The Bertz CT molecular complexity index is 559. The van der Waals surface area contributed by atoms with Crippen molar-refractivity contribution in [1.29, 1.82) is 0 Å². The number of furan rings is 1. The second kappa shape index (κ2) is 5.74. The second-order valence-electron chi connectivity index (χ2n) is 5.54. The molecule has 0 amide bonds. The van der Waals surface area contributed by atoms with Crippen LogP contribution in [0.25, 0.3) is 11.0 Å². The van der Waals surface area contributed by atoms with Gasteiger partial charge in [-0.25, -0.2) is 4.39 Å². The zero-order chi connectivity index (χ0) is 14.0. The molecule has 0 spiro atoms. The Labute approximate surface area is 114 Å². The third kappa shape index (κ3) is 2.98. The molecule has 3 heteroatoms. The summed E-state index contributed by atoms with van der Waals surface area (Å²) in [6.45, 7) is 6.43. The van der Waals surface area contributed by atoms with Crippen LogP contribution in [0, 0.1) is 18.7 Å². The molecule has 0 bridgehead atoms. The van der Waals surface area contributed by atoms with Gasteiger partial charge in [0, 0.05) is 10.9 Å². The Hall–Kier alpha value is -1.35. The minimum atomic E-state index is -0.217. The number of hydrogen-bond donors (Lipinski definition) is 1. The van der Waals surface area contributed by atoms with Gasteiger partial charge in [-0.3, -0.25) is 0 Å². The smallest absolute Gasteiger partial charge is 0.134 e. The Kier molecular flexibility index (Phi) is 4.25. The van der Waals surface area contributed by atoms with E-state index in [0.717, 1.165) is 35.1 Å². The quantitative estimate of drug-likeness (QED) is 0.854. The molecule has 19 heavy (non-hydrogen) atoms. The third-order valence-electron chi connectivity index (χ3n) is 3.63. The summed E-state index contributed by atoms with van der Waals surface area (Å²) in [4.78, 5) is 0. The first kappa shape index (κ1) is 14.1. The summed E-state index contributed by atoms with van der Waals surface area (Å²) >= 11 is 0. The summed E-state index contributed by atoms with van der Waals surface area (Å²) in [7, 11) is 1.94. The molecule has 1 aromatic carbocycles. The third-order valence-corrected chi connectivity index (χ3v) is 3.63. The highest BCUT2D eigenvalue weighted by Gasteiger charge is 2.19. The molecule has 0 aliphatic rings. The van der Waals surface area contributed by atoms with E-state index in [9.17, 15) is 4.39 Å². The van der Waals surface area contributed by atoms with Gasteiger partial charge in [-0.15, -0.1) is 0 Å². The minimum absolute atomic E-state index is 0.192. The zero-order valence-electron chi connectivity index (χ0n) is 12.1. The zero-order valence-corrected chi connectivity index (χ0v) is 12.1. The van der Waals surface area contributed by atoms with Crippen LogP contribution in [0.3, 0.4) is 0 Å². The Morgan fingerprint density at radius 3 is 2.63 bits per heavy atom. The summed E-state index contributed by atoms with van der Waals surface area (Å²) in [6.07, 6.45) is 2.16. The highest BCUT2D eigenvalue weighted by Crippen LogP contribution is 2.32. The highest BCUT2D eigenvalue weighted by atomic mass is 19.1. The largest absolute Gasteiger partial charge is 0.459 e. The molecular weight excluding hydrogens is 241 g/mol. The van der Waals surface area contributed by atoms with Gasteiger partial charge < -0.3 is 9.73 Å². The summed E-state index contributed by atoms with van der Waals surface area (Å²) in [5, 5.41) is 4.18. The molecule has 0 aliphatic carbocycles. The van der Waals surface area contributed by atoms with Crippen LogP contribution in [0.4, 0.5) is 4.39 Å². The first-order valence-electron chi connectivity index (χ1n) is 6.88. The van der Waals surface area contributed by atoms with Crippen molar-refractivity contribution in [1.82, 2.24) is 5.32 Å². The minimum Gasteiger partial charge on any atom is -0.459 e. The Morgan fingerprint density at radius 1 is 1.26 bits per heavy atom. The highest BCUT2D eigenvalue weighted by molar-refractivity contribution is 5.82. The van der Waals surface area contributed by atoms with E-state index in [1.807, 2.05) is 14.0 Å². The molecule has 2 nitrogen and oxygen atoms in total. The lowest BCUT2D eigenvalue weighted by Crippen LogP contribution is -2.17. The van der Waals surface area contributed by atoms with Crippen LogP contribution in [0.1, 0.15) is 44.1 Å². The van der Waals surface area contributed by atoms with Crippen LogP contribution in [-0.2, 0) is 0 Å². The first-order chi connectivity index (χ1) is 9.02. The van der Waals surface area contributed by atoms with E-state index in [-0.39, 0.29) is 11.9 Å². The standard InChI is InChI=1S/C16H22FNO/c1-10(2)5-7-14(18-4)16-11(3)13-9-12(17)6-8-15(13)19-16/h6,8-10,14,18H,5,7H2,1-4H3. The van der Waals surface area contributed by atoms with Gasteiger partial charge in [0.15, 0.2) is 0 Å². The second-order valence-corrected chi connectivity index (χ2v) is 5.54. The predicted octanol–water partition coefficient (Wildman–Crippen LogP) is 4.58. The molecule has 104 valence electrons. The molecule has 0 saturated heterocycles. The average Bonchev–Trinajstić information content (AvgIpc) is 2.68. The van der Waals surface area contributed by atoms with Crippen molar-refractivity contribution in [2.75, 3.05) is 7.05 Å². The normalized spacial score (nSPS) is 13.4. The Morgan fingerprint density at radius 2 is 2.00 bits per heavy atom. The van der Waals surface area contributed by atoms with Gasteiger partial charge in [-0.1, -0.05) is 13.8 Å². The van der Waals surface area contributed by atoms with E-state index < -0.39 is 0 Å². The summed E-state index contributed by atoms with van der Waals surface area (Å²) in [6, 6.07) is 4.89. The van der Waals surface area contributed by atoms with E-state index in [1.54, 1.807) is 12.1 Å². The molecule has 1 N–H and O–H groups in total. The fourth-order valence-electron chi connectivity index (χ4n) is 2.45. The van der Waals surface area contributed by atoms with Crippen LogP contribution in [0.15, 0.2) is 22.6 Å². The molecule has 2 rings (SSSR count). The summed E-state index contributed by atoms with van der Waals surface area (Å²) in [5.41, 5.74) is 1.80. The summed E-state index contributed by atoms with van der Waals surface area (Å²) in [5.74, 6) is 1.38. The fourth-order valence-corrected chi connectivity index (χ4v) is 2.45. The number of fused-ring (bicyclic) bond motifs is 1. The summed E-state index contributed by atoms with van der Waals surface area (Å²) < 4.78 is 19.2. The van der Waals surface area contributed by atoms with Crippen molar-refractivity contribution < 1.29 is 8.81 Å². The van der Waals surface area contributed by atoms with Crippen molar-refractivity contribution in [2.45, 2.75) is 39.7 Å². The molecular formula is C16H22FNO. The molecule has 1 unspecified atom stereocenters. The van der Waals surface area contributed by atoms with Crippen molar-refractivity contribution in [3.8, 4) is 0 Å². The molecule has 1 heterocycles. The molecule has 1 aromatic heterocycles. The van der Waals surface area contributed by atoms with Crippen LogP contribution in [-0.4, -0.2) is 7.05 Å². The van der Waals surface area contributed by atoms with Crippen LogP contribution >= 0.6 is 0 Å². The number of aryl methyl sites for hydroxylation is 1. The predicted molar refractivity (Wildman–Crippen MR) is 76.8 cm³/mol. The van der Waals surface area contributed by atoms with Crippen LogP contribution in [0.5, 0.6) is 0 Å². The van der Waals surface area contributed by atoms with Gasteiger partial charge in [0.25, 0.3) is 0 Å². The van der Waals surface area contributed by atoms with Gasteiger partial charge in [0.05, 0.1) is 6.04 Å². The molecule has 0 fully saturated rings. The van der Waals surface area contributed by atoms with E-state index in [4.69, 9.17) is 4.42 Å².